The molecule has 9 heteroatoms. The Balaban J connectivity index is 4.67. The zero-order chi connectivity index (χ0) is 17.4. The van der Waals surface area contributed by atoms with Gasteiger partial charge in [0.15, 0.2) is 0 Å². The second-order valence-corrected chi connectivity index (χ2v) is 7.62. The van der Waals surface area contributed by atoms with Crippen molar-refractivity contribution in [2.75, 3.05) is 19.4 Å². The molecule has 130 valence electrons. The number of hydrogen-bond donors (Lipinski definition) is 2. The van der Waals surface area contributed by atoms with E-state index in [-0.39, 0.29) is 12.3 Å². The van der Waals surface area contributed by atoms with E-state index in [4.69, 9.17) is 4.74 Å². The van der Waals surface area contributed by atoms with Crippen molar-refractivity contribution in [3.63, 3.8) is 0 Å². The van der Waals surface area contributed by atoms with Crippen LogP contribution in [0.15, 0.2) is 0 Å². The smallest absolute Gasteiger partial charge is 0.407 e. The second kappa shape index (κ2) is 8.94. The third-order valence-electron chi connectivity index (χ3n) is 2.42. The Bertz CT molecular complexity index is 469. The van der Waals surface area contributed by atoms with Crippen molar-refractivity contribution in [3.05, 3.63) is 0 Å². The van der Waals surface area contributed by atoms with Gasteiger partial charge in [0, 0.05) is 6.54 Å². The van der Waals surface area contributed by atoms with Crippen LogP contribution in [0.2, 0.25) is 0 Å². The lowest BCUT2D eigenvalue weighted by molar-refractivity contribution is -0.142. The Labute approximate surface area is 132 Å². The van der Waals surface area contributed by atoms with E-state index in [0.29, 0.717) is 12.8 Å². The average molecular weight is 338 g/mol. The van der Waals surface area contributed by atoms with Crippen LogP contribution in [0.5, 0.6) is 0 Å². The number of esters is 1. The molecule has 1 unspecified atom stereocenters. The summed E-state index contributed by atoms with van der Waals surface area (Å²) in [5.41, 5.74) is -0.689. The summed E-state index contributed by atoms with van der Waals surface area (Å²) in [4.78, 5) is 23.2. The Morgan fingerprint density at radius 2 is 1.82 bits per heavy atom. The first-order valence-electron chi connectivity index (χ1n) is 7.05. The maximum Gasteiger partial charge on any atom is 0.407 e. The van der Waals surface area contributed by atoms with Gasteiger partial charge in [0.2, 0.25) is 10.0 Å². The van der Waals surface area contributed by atoms with E-state index in [2.05, 4.69) is 14.8 Å². The predicted molar refractivity (Wildman–Crippen MR) is 81.9 cm³/mol. The molecule has 0 aliphatic heterocycles. The van der Waals surface area contributed by atoms with Crippen LogP contribution in [0, 0.1) is 0 Å². The maximum atomic E-state index is 11.8. The van der Waals surface area contributed by atoms with Gasteiger partial charge in [-0.05, 0) is 27.2 Å². The van der Waals surface area contributed by atoms with Crippen molar-refractivity contribution < 1.29 is 27.5 Å². The number of rotatable bonds is 8. The summed E-state index contributed by atoms with van der Waals surface area (Å²) >= 11 is 0. The van der Waals surface area contributed by atoms with Crippen LogP contribution < -0.4 is 10.0 Å². The molecule has 0 bridgehead atoms. The van der Waals surface area contributed by atoms with E-state index in [1.165, 1.54) is 0 Å². The number of carbonyl (C=O) groups is 2. The molecule has 0 fully saturated rings. The fraction of sp³-hybridized carbons (Fsp3) is 0.846. The number of nitrogens with one attached hydrogen (secondary N) is 2. The van der Waals surface area contributed by atoms with Crippen molar-refractivity contribution in [1.29, 1.82) is 0 Å². The number of sulfonamides is 1. The van der Waals surface area contributed by atoms with Crippen molar-refractivity contribution in [3.8, 4) is 0 Å². The molecule has 2 N–H and O–H groups in total. The molecule has 0 rings (SSSR count). The first-order chi connectivity index (χ1) is 10.0. The van der Waals surface area contributed by atoms with Crippen LogP contribution in [0.25, 0.3) is 0 Å². The van der Waals surface area contributed by atoms with Gasteiger partial charge in [-0.15, -0.1) is 0 Å². The SMILES string of the molecule is CCCCS(=O)(=O)NC(CNC(=O)OC(C)(C)C)C(=O)OC. The van der Waals surface area contributed by atoms with Gasteiger partial charge < -0.3 is 14.8 Å². The predicted octanol–water partition coefficient (Wildman–Crippen LogP) is 0.772. The molecule has 0 aromatic rings. The van der Waals surface area contributed by atoms with Gasteiger partial charge in [0.1, 0.15) is 11.6 Å². The summed E-state index contributed by atoms with van der Waals surface area (Å²) in [5.74, 6) is -0.875. The van der Waals surface area contributed by atoms with Gasteiger partial charge in [-0.1, -0.05) is 13.3 Å². The number of carbonyl (C=O) groups excluding carboxylic acids is 2. The summed E-state index contributed by atoms with van der Waals surface area (Å²) in [6.07, 6.45) is 0.442. The lowest BCUT2D eigenvalue weighted by Crippen LogP contribution is -2.50. The molecule has 0 aliphatic carbocycles. The fourth-order valence-electron chi connectivity index (χ4n) is 1.42. The number of amides is 1. The molecule has 0 aliphatic rings. The van der Waals surface area contributed by atoms with Gasteiger partial charge in [-0.25, -0.2) is 13.2 Å². The topological polar surface area (TPSA) is 111 Å². The van der Waals surface area contributed by atoms with Gasteiger partial charge >= 0.3 is 12.1 Å². The molecule has 22 heavy (non-hydrogen) atoms. The molecule has 0 aromatic carbocycles. The molecule has 0 aromatic heterocycles. The van der Waals surface area contributed by atoms with Crippen molar-refractivity contribution in [2.24, 2.45) is 0 Å². The van der Waals surface area contributed by atoms with Crippen LogP contribution in [0.3, 0.4) is 0 Å². The zero-order valence-electron chi connectivity index (χ0n) is 13.8. The van der Waals surface area contributed by atoms with Crippen LogP contribution in [-0.2, 0) is 24.3 Å². The van der Waals surface area contributed by atoms with Crippen LogP contribution in [0.4, 0.5) is 4.79 Å². The first kappa shape index (κ1) is 20.6. The summed E-state index contributed by atoms with van der Waals surface area (Å²) in [5, 5.41) is 2.34. The van der Waals surface area contributed by atoms with Crippen LogP contribution in [0.1, 0.15) is 40.5 Å². The molecule has 0 spiro atoms. The Morgan fingerprint density at radius 1 is 1.23 bits per heavy atom. The highest BCUT2D eigenvalue weighted by atomic mass is 32.2. The van der Waals surface area contributed by atoms with Gasteiger partial charge in [-0.2, -0.15) is 4.72 Å². The molecule has 0 heterocycles. The lowest BCUT2D eigenvalue weighted by atomic mass is 10.2. The number of hydrogen-bond acceptors (Lipinski definition) is 6. The van der Waals surface area contributed by atoms with Crippen LogP contribution >= 0.6 is 0 Å². The summed E-state index contributed by atoms with van der Waals surface area (Å²) in [6.45, 7) is 6.68. The minimum Gasteiger partial charge on any atom is -0.468 e. The summed E-state index contributed by atoms with van der Waals surface area (Å²) in [6, 6.07) is -1.20. The molecule has 0 saturated carbocycles. The van der Waals surface area contributed by atoms with Crippen molar-refractivity contribution >= 4 is 22.1 Å². The van der Waals surface area contributed by atoms with E-state index < -0.39 is 33.7 Å². The second-order valence-electron chi connectivity index (χ2n) is 5.75. The Kier molecular flexibility index (Phi) is 8.39. The summed E-state index contributed by atoms with van der Waals surface area (Å²) < 4.78 is 35.4. The number of unbranched alkanes of at least 4 members (excludes halogenated alkanes) is 1. The van der Waals surface area contributed by atoms with Gasteiger partial charge in [-0.3, -0.25) is 4.79 Å². The van der Waals surface area contributed by atoms with Crippen LogP contribution in [-0.4, -0.2) is 51.5 Å². The minimum absolute atomic E-state index is 0.0938. The van der Waals surface area contributed by atoms with Crippen molar-refractivity contribution in [2.45, 2.75) is 52.2 Å². The van der Waals surface area contributed by atoms with E-state index in [9.17, 15) is 18.0 Å². The fourth-order valence-corrected chi connectivity index (χ4v) is 2.82. The Morgan fingerprint density at radius 3 is 2.27 bits per heavy atom. The lowest BCUT2D eigenvalue weighted by Gasteiger charge is -2.21. The largest absolute Gasteiger partial charge is 0.468 e. The number of ether oxygens (including phenoxy) is 2. The van der Waals surface area contributed by atoms with Gasteiger partial charge in [0.25, 0.3) is 0 Å². The third-order valence-corrected chi connectivity index (χ3v) is 3.89. The van der Waals surface area contributed by atoms with Crippen molar-refractivity contribution in [1.82, 2.24) is 10.0 Å². The Hall–Kier alpha value is -1.35. The van der Waals surface area contributed by atoms with E-state index in [1.54, 1.807) is 20.8 Å². The highest BCUT2D eigenvalue weighted by molar-refractivity contribution is 7.89. The first-order valence-corrected chi connectivity index (χ1v) is 8.70. The van der Waals surface area contributed by atoms with E-state index >= 15 is 0 Å². The molecular formula is C13H26N2O6S. The molecule has 0 radical (unpaired) electrons. The normalized spacial score (nSPS) is 13.3. The maximum absolute atomic E-state index is 11.8. The third kappa shape index (κ3) is 9.56. The molecule has 1 atom stereocenters. The standard InChI is InChI=1S/C13H26N2O6S/c1-6-7-8-22(18,19)15-10(11(16)20-5)9-14-12(17)21-13(2,3)4/h10,15H,6-9H2,1-5H3,(H,14,17). The molecule has 8 nitrogen and oxygen atoms in total. The average Bonchev–Trinajstić information content (AvgIpc) is 2.38. The monoisotopic (exact) mass is 338 g/mol. The highest BCUT2D eigenvalue weighted by Crippen LogP contribution is 2.06. The van der Waals surface area contributed by atoms with E-state index in [0.717, 1.165) is 7.11 Å². The molecule has 0 saturated heterocycles. The number of alkyl carbamates (subject to hydrolysis) is 1. The van der Waals surface area contributed by atoms with E-state index in [1.807, 2.05) is 6.92 Å². The number of methoxy groups -OCH3 is 1. The molecule has 1 amide bonds. The summed E-state index contributed by atoms with van der Waals surface area (Å²) in [7, 11) is -2.48. The molecular weight excluding hydrogens is 312 g/mol. The highest BCUT2D eigenvalue weighted by Gasteiger charge is 2.26. The zero-order valence-corrected chi connectivity index (χ0v) is 14.6. The van der Waals surface area contributed by atoms with Gasteiger partial charge in [0.05, 0.1) is 12.9 Å². The minimum atomic E-state index is -3.62. The quantitative estimate of drug-likeness (QED) is 0.633.